The number of ether oxygens (including phenoxy) is 2. The number of halogens is 3. The SMILES string of the molecule is CCNc1nc(Nc2cn(C3CCN(CC4OCCO4)C3)nc2C)ncc1C(F)(F)F. The first-order valence-electron chi connectivity index (χ1n) is 10.3. The Balaban J connectivity index is 1.44. The molecule has 31 heavy (non-hydrogen) atoms. The zero-order chi connectivity index (χ0) is 22.0. The third-order valence-electron chi connectivity index (χ3n) is 5.32. The van der Waals surface area contributed by atoms with Crippen LogP contribution in [0, 0.1) is 6.92 Å². The van der Waals surface area contributed by atoms with Gasteiger partial charge in [-0.2, -0.15) is 23.3 Å². The topological polar surface area (TPSA) is 89.4 Å². The van der Waals surface area contributed by atoms with Gasteiger partial charge in [-0.1, -0.05) is 0 Å². The van der Waals surface area contributed by atoms with E-state index in [1.165, 1.54) is 0 Å². The molecule has 1 atom stereocenters. The van der Waals surface area contributed by atoms with Crippen LogP contribution in [0.25, 0.3) is 0 Å². The predicted molar refractivity (Wildman–Crippen MR) is 107 cm³/mol. The number of hydrogen-bond donors (Lipinski definition) is 2. The van der Waals surface area contributed by atoms with Gasteiger partial charge in [-0.05, 0) is 20.3 Å². The highest BCUT2D eigenvalue weighted by molar-refractivity contribution is 5.58. The Hall–Kier alpha value is -2.44. The van der Waals surface area contributed by atoms with Crippen LogP contribution in [0.2, 0.25) is 0 Å². The zero-order valence-electron chi connectivity index (χ0n) is 17.4. The second-order valence-corrected chi connectivity index (χ2v) is 7.59. The minimum Gasteiger partial charge on any atom is -0.370 e. The molecule has 2 fully saturated rings. The molecule has 2 aliphatic heterocycles. The molecule has 2 aromatic heterocycles. The first-order valence-corrected chi connectivity index (χ1v) is 10.3. The summed E-state index contributed by atoms with van der Waals surface area (Å²) in [7, 11) is 0. The van der Waals surface area contributed by atoms with Crippen LogP contribution in [-0.2, 0) is 15.7 Å². The van der Waals surface area contributed by atoms with Crippen LogP contribution in [0.4, 0.5) is 30.6 Å². The number of nitrogens with zero attached hydrogens (tertiary/aromatic N) is 5. The number of rotatable bonds is 7. The third kappa shape index (κ3) is 5.08. The number of aryl methyl sites for hydroxylation is 1. The fraction of sp³-hybridized carbons (Fsp3) is 0.632. The summed E-state index contributed by atoms with van der Waals surface area (Å²) in [6.45, 7) is 7.60. The predicted octanol–water partition coefficient (Wildman–Crippen LogP) is 2.80. The smallest absolute Gasteiger partial charge is 0.370 e. The van der Waals surface area contributed by atoms with Crippen molar-refractivity contribution >= 4 is 17.5 Å². The van der Waals surface area contributed by atoms with Gasteiger partial charge < -0.3 is 20.1 Å². The maximum atomic E-state index is 13.2. The summed E-state index contributed by atoms with van der Waals surface area (Å²) in [6.07, 6.45) is -1.12. The molecule has 0 saturated carbocycles. The fourth-order valence-electron chi connectivity index (χ4n) is 3.78. The van der Waals surface area contributed by atoms with Crippen molar-refractivity contribution < 1.29 is 22.6 Å². The van der Waals surface area contributed by atoms with E-state index in [0.717, 1.165) is 37.9 Å². The summed E-state index contributed by atoms with van der Waals surface area (Å²) in [5, 5.41) is 10.2. The molecule has 0 aliphatic carbocycles. The Kier molecular flexibility index (Phi) is 6.30. The standard InChI is InChI=1S/C19H26F3N7O2/c1-3-23-17-14(19(20,21)22)8-24-18(26-17)25-15-10-29(27-12(15)2)13-4-5-28(9-13)11-16-30-6-7-31-16/h8,10,13,16H,3-7,9,11H2,1-2H3,(H2,23,24,25,26). The lowest BCUT2D eigenvalue weighted by Crippen LogP contribution is -2.31. The lowest BCUT2D eigenvalue weighted by atomic mass is 10.3. The Labute approximate surface area is 177 Å². The van der Waals surface area contributed by atoms with Crippen molar-refractivity contribution in [3.8, 4) is 0 Å². The summed E-state index contributed by atoms with van der Waals surface area (Å²) < 4.78 is 52.4. The van der Waals surface area contributed by atoms with E-state index in [4.69, 9.17) is 9.47 Å². The van der Waals surface area contributed by atoms with Gasteiger partial charge in [-0.15, -0.1) is 0 Å². The lowest BCUT2D eigenvalue weighted by Gasteiger charge is -2.19. The highest BCUT2D eigenvalue weighted by atomic mass is 19.4. The van der Waals surface area contributed by atoms with Crippen molar-refractivity contribution in [3.05, 3.63) is 23.7 Å². The highest BCUT2D eigenvalue weighted by Gasteiger charge is 2.35. The summed E-state index contributed by atoms with van der Waals surface area (Å²) in [5.74, 6) is -0.171. The molecule has 2 saturated heterocycles. The Morgan fingerprint density at radius 1 is 1.26 bits per heavy atom. The van der Waals surface area contributed by atoms with E-state index in [1.807, 2.05) is 17.8 Å². The monoisotopic (exact) mass is 441 g/mol. The molecule has 2 aromatic rings. The molecule has 0 radical (unpaired) electrons. The lowest BCUT2D eigenvalue weighted by molar-refractivity contribution is -0.137. The van der Waals surface area contributed by atoms with Gasteiger partial charge in [0.2, 0.25) is 5.95 Å². The van der Waals surface area contributed by atoms with Gasteiger partial charge in [0.15, 0.2) is 6.29 Å². The maximum Gasteiger partial charge on any atom is 0.421 e. The number of hydrogen-bond acceptors (Lipinski definition) is 8. The molecule has 12 heteroatoms. The average molecular weight is 441 g/mol. The first kappa shape index (κ1) is 21.8. The molecule has 0 spiro atoms. The van der Waals surface area contributed by atoms with Crippen LogP contribution >= 0.6 is 0 Å². The Morgan fingerprint density at radius 2 is 2.03 bits per heavy atom. The molecule has 170 valence electrons. The van der Waals surface area contributed by atoms with Gasteiger partial charge in [0.25, 0.3) is 0 Å². The van der Waals surface area contributed by atoms with E-state index in [0.29, 0.717) is 25.4 Å². The Bertz CT molecular complexity index is 899. The van der Waals surface area contributed by atoms with Crippen LogP contribution in [0.15, 0.2) is 12.4 Å². The number of alkyl halides is 3. The highest BCUT2D eigenvalue weighted by Crippen LogP contribution is 2.34. The van der Waals surface area contributed by atoms with Crippen molar-refractivity contribution in [1.82, 2.24) is 24.6 Å². The summed E-state index contributed by atoms with van der Waals surface area (Å²) in [6, 6.07) is 0.196. The van der Waals surface area contributed by atoms with E-state index < -0.39 is 11.7 Å². The van der Waals surface area contributed by atoms with Crippen molar-refractivity contribution in [2.75, 3.05) is 50.0 Å². The van der Waals surface area contributed by atoms with Gasteiger partial charge in [0.1, 0.15) is 11.4 Å². The normalized spacial score (nSPS) is 20.5. The molecule has 2 aliphatic rings. The number of likely N-dealkylation sites (tertiary alicyclic amines) is 1. The van der Waals surface area contributed by atoms with E-state index in [1.54, 1.807) is 6.92 Å². The molecule has 0 amide bonds. The van der Waals surface area contributed by atoms with E-state index in [-0.39, 0.29) is 24.1 Å². The van der Waals surface area contributed by atoms with E-state index in [9.17, 15) is 13.2 Å². The fourth-order valence-corrected chi connectivity index (χ4v) is 3.78. The molecule has 2 N–H and O–H groups in total. The van der Waals surface area contributed by atoms with Gasteiger partial charge in [-0.3, -0.25) is 9.58 Å². The van der Waals surface area contributed by atoms with Crippen molar-refractivity contribution in [3.63, 3.8) is 0 Å². The minimum absolute atomic E-state index is 0.0789. The molecular formula is C19H26F3N7O2. The quantitative estimate of drug-likeness (QED) is 0.678. The number of nitrogens with one attached hydrogen (secondary N) is 2. The van der Waals surface area contributed by atoms with Gasteiger partial charge in [0.05, 0.1) is 30.6 Å². The first-order chi connectivity index (χ1) is 14.8. The van der Waals surface area contributed by atoms with Crippen LogP contribution in [0.5, 0.6) is 0 Å². The van der Waals surface area contributed by atoms with Crippen molar-refractivity contribution in [1.29, 1.82) is 0 Å². The molecule has 1 unspecified atom stereocenters. The number of anilines is 3. The van der Waals surface area contributed by atoms with Crippen molar-refractivity contribution in [2.45, 2.75) is 38.8 Å². The largest absolute Gasteiger partial charge is 0.421 e. The van der Waals surface area contributed by atoms with Crippen LogP contribution in [-0.4, -0.2) is 70.3 Å². The van der Waals surface area contributed by atoms with E-state index >= 15 is 0 Å². The molecule has 4 heterocycles. The van der Waals surface area contributed by atoms with E-state index in [2.05, 4.69) is 30.6 Å². The minimum atomic E-state index is -4.53. The van der Waals surface area contributed by atoms with Gasteiger partial charge in [0, 0.05) is 38.6 Å². The van der Waals surface area contributed by atoms with Gasteiger partial charge in [-0.25, -0.2) is 4.98 Å². The third-order valence-corrected chi connectivity index (χ3v) is 5.32. The number of aromatic nitrogens is 4. The Morgan fingerprint density at radius 3 is 2.74 bits per heavy atom. The average Bonchev–Trinajstić information content (AvgIpc) is 3.45. The molecule has 4 rings (SSSR count). The molecule has 0 bridgehead atoms. The second-order valence-electron chi connectivity index (χ2n) is 7.59. The van der Waals surface area contributed by atoms with Crippen LogP contribution < -0.4 is 10.6 Å². The molecule has 0 aromatic carbocycles. The van der Waals surface area contributed by atoms with Crippen LogP contribution in [0.3, 0.4) is 0 Å². The molecule has 9 nitrogen and oxygen atoms in total. The zero-order valence-corrected chi connectivity index (χ0v) is 17.4. The second kappa shape index (κ2) is 8.97. The summed E-state index contributed by atoms with van der Waals surface area (Å²) in [4.78, 5) is 10.1. The van der Waals surface area contributed by atoms with Crippen molar-refractivity contribution in [2.24, 2.45) is 0 Å². The van der Waals surface area contributed by atoms with Gasteiger partial charge >= 0.3 is 6.18 Å². The maximum absolute atomic E-state index is 13.2. The molecular weight excluding hydrogens is 415 g/mol. The summed E-state index contributed by atoms with van der Waals surface area (Å²) >= 11 is 0. The van der Waals surface area contributed by atoms with Crippen LogP contribution in [0.1, 0.15) is 30.6 Å². The summed E-state index contributed by atoms with van der Waals surface area (Å²) in [5.41, 5.74) is 0.478.